The molecule has 2 aliphatic heterocycles. The first-order chi connectivity index (χ1) is 16.5. The molecule has 0 aromatic heterocycles. The van der Waals surface area contributed by atoms with Crippen LogP contribution in [0.15, 0.2) is 51.4 Å². The number of carbonyl (C=O) groups excluding carboxylic acids is 3. The predicted octanol–water partition coefficient (Wildman–Crippen LogP) is 3.20. The maximum absolute atomic E-state index is 14.5. The quantitative estimate of drug-likeness (QED) is 0.213. The van der Waals surface area contributed by atoms with Crippen molar-refractivity contribution in [3.63, 3.8) is 0 Å². The van der Waals surface area contributed by atoms with E-state index in [1.165, 1.54) is 0 Å². The summed E-state index contributed by atoms with van der Waals surface area (Å²) in [6.45, 7) is 3.46. The van der Waals surface area contributed by atoms with Crippen molar-refractivity contribution in [3.05, 3.63) is 62.1 Å². The van der Waals surface area contributed by atoms with E-state index >= 15 is 0 Å². The molecule has 2 atom stereocenters. The Morgan fingerprint density at radius 1 is 1.37 bits per heavy atom. The van der Waals surface area contributed by atoms with Crippen LogP contribution in [0, 0.1) is 11.1 Å². The second-order valence-corrected chi connectivity index (χ2v) is 10.3. The average molecular weight is 521 g/mol. The number of primary amides is 1. The lowest BCUT2D eigenvalue weighted by Gasteiger charge is -2.53. The molecule has 35 heavy (non-hydrogen) atoms. The van der Waals surface area contributed by atoms with Gasteiger partial charge in [-0.2, -0.15) is 5.06 Å². The number of fused-ring (bicyclic) bond motifs is 1. The van der Waals surface area contributed by atoms with E-state index in [2.05, 4.69) is 5.32 Å². The molecule has 0 fully saturated rings. The van der Waals surface area contributed by atoms with E-state index in [1.54, 1.807) is 6.08 Å². The highest BCUT2D eigenvalue weighted by Crippen LogP contribution is 2.51. The number of hydrogen-bond donors (Lipinski definition) is 3. The number of nitrogens with one attached hydrogen (secondary N) is 1. The summed E-state index contributed by atoms with van der Waals surface area (Å²) in [5, 5.41) is 28.9. The molecular weight excluding hydrogens is 496 g/mol. The van der Waals surface area contributed by atoms with E-state index < -0.39 is 45.1 Å². The number of Topliss-reactive ketones (excluding diaryl/α,β-unsaturated/α-hetero) is 2. The molecule has 0 spiro atoms. The van der Waals surface area contributed by atoms with Crippen molar-refractivity contribution in [2.24, 2.45) is 11.7 Å². The Kier molecular flexibility index (Phi) is 6.98. The Balaban J connectivity index is 1.79. The van der Waals surface area contributed by atoms with E-state index in [9.17, 15) is 24.8 Å². The van der Waals surface area contributed by atoms with Crippen molar-refractivity contribution in [3.8, 4) is 0 Å². The van der Waals surface area contributed by atoms with Crippen molar-refractivity contribution in [2.75, 3.05) is 18.5 Å². The summed E-state index contributed by atoms with van der Waals surface area (Å²) in [5.74, 6) is -2.99. The number of rotatable bonds is 7. The molecule has 0 radical (unpaired) electrons. The summed E-state index contributed by atoms with van der Waals surface area (Å²) >= 11 is 6.70. The summed E-state index contributed by atoms with van der Waals surface area (Å²) < 4.78 is 3.96. The van der Waals surface area contributed by atoms with Crippen LogP contribution >= 0.6 is 23.5 Å². The highest BCUT2D eigenvalue weighted by molar-refractivity contribution is 7.99. The molecule has 4 rings (SSSR count). The minimum absolute atomic E-state index is 0.173. The van der Waals surface area contributed by atoms with Gasteiger partial charge in [0.2, 0.25) is 17.7 Å². The zero-order chi connectivity index (χ0) is 25.5. The van der Waals surface area contributed by atoms with Crippen LogP contribution in [0.2, 0.25) is 0 Å². The van der Waals surface area contributed by atoms with Gasteiger partial charge >= 0.3 is 0 Å². The van der Waals surface area contributed by atoms with E-state index in [0.29, 0.717) is 29.1 Å². The molecule has 4 N–H and O–H groups in total. The van der Waals surface area contributed by atoms with Crippen molar-refractivity contribution < 1.29 is 28.4 Å². The maximum Gasteiger partial charge on any atom is 0.255 e. The lowest BCUT2D eigenvalue weighted by Crippen LogP contribution is -2.58. The molecule has 0 bridgehead atoms. The fourth-order valence-electron chi connectivity index (χ4n) is 4.10. The predicted molar refractivity (Wildman–Crippen MR) is 131 cm³/mol. The van der Waals surface area contributed by atoms with Gasteiger partial charge in [0, 0.05) is 23.7 Å². The van der Waals surface area contributed by atoms with E-state index in [0.717, 1.165) is 11.3 Å². The smallest absolute Gasteiger partial charge is 0.255 e. The molecule has 10 nitrogen and oxygen atoms in total. The van der Waals surface area contributed by atoms with Gasteiger partial charge in [-0.1, -0.05) is 43.6 Å². The average Bonchev–Trinajstić information content (AvgIpc) is 2.81. The third kappa shape index (κ3) is 4.57. The molecule has 1 amide bonds. The van der Waals surface area contributed by atoms with Crippen LogP contribution < -0.4 is 11.1 Å². The summed E-state index contributed by atoms with van der Waals surface area (Å²) in [6.07, 6.45) is 1.45. The first-order valence-electron chi connectivity index (χ1n) is 11.0. The van der Waals surface area contributed by atoms with E-state index in [4.69, 9.17) is 22.1 Å². The van der Waals surface area contributed by atoms with Crippen molar-refractivity contribution >= 4 is 52.8 Å². The van der Waals surface area contributed by atoms with Gasteiger partial charge in [0.25, 0.3) is 5.91 Å². The second kappa shape index (κ2) is 9.67. The number of benzene rings is 1. The largest absolute Gasteiger partial charge is 0.613 e. The van der Waals surface area contributed by atoms with Gasteiger partial charge in [0.05, 0.1) is 6.54 Å². The van der Waals surface area contributed by atoms with Crippen LogP contribution in [0.4, 0.5) is 5.69 Å². The third-order valence-corrected chi connectivity index (χ3v) is 7.53. The van der Waals surface area contributed by atoms with Gasteiger partial charge in [-0.15, -0.1) is 0 Å². The number of nitrogens with zero attached hydrogens (tertiary/aromatic N) is 2. The SMILES string of the molecule is CC(C)CCC1N(O)C2=C(S[N+]1([O-])C1=Cc3ccccc3NC1)C(=O)C(OCC(N)=O)=C(Cl)C2=O. The van der Waals surface area contributed by atoms with Crippen LogP contribution in [0.25, 0.3) is 6.08 Å². The van der Waals surface area contributed by atoms with Crippen LogP contribution in [0.3, 0.4) is 0 Å². The lowest BCUT2D eigenvalue weighted by molar-refractivity contribution is -0.757. The number of ether oxygens (including phenoxy) is 1. The van der Waals surface area contributed by atoms with Gasteiger partial charge in [-0.3, -0.25) is 19.6 Å². The number of quaternary nitrogens is 1. The lowest BCUT2D eigenvalue weighted by atomic mass is 10.0. The van der Waals surface area contributed by atoms with Crippen molar-refractivity contribution in [1.82, 2.24) is 5.06 Å². The Morgan fingerprint density at radius 3 is 2.77 bits per heavy atom. The van der Waals surface area contributed by atoms with Crippen LogP contribution in [0.1, 0.15) is 32.3 Å². The van der Waals surface area contributed by atoms with Crippen LogP contribution in [-0.2, 0) is 19.1 Å². The topological polar surface area (TPSA) is 145 Å². The molecule has 2 unspecified atom stereocenters. The first-order valence-corrected chi connectivity index (χ1v) is 12.2. The normalized spacial score (nSPS) is 24.2. The van der Waals surface area contributed by atoms with Crippen molar-refractivity contribution in [1.29, 1.82) is 0 Å². The molecule has 0 saturated carbocycles. The summed E-state index contributed by atoms with van der Waals surface area (Å²) in [7, 11) is 0. The number of para-hydroxylation sites is 1. The summed E-state index contributed by atoms with van der Waals surface area (Å²) in [6, 6.07) is 7.44. The fraction of sp³-hybridized carbons (Fsp3) is 0.348. The van der Waals surface area contributed by atoms with Crippen molar-refractivity contribution in [2.45, 2.75) is 32.9 Å². The second-order valence-electron chi connectivity index (χ2n) is 8.80. The number of nitrogens with two attached hydrogens (primary N) is 1. The monoisotopic (exact) mass is 520 g/mol. The Bertz CT molecular complexity index is 1200. The number of allylic oxidation sites excluding steroid dienone is 2. The standard InChI is InChI=1S/C23H25ClN4O6S/c1-12(2)7-8-17-27(32)19-20(30)18(24)22(34-11-16(25)29)21(31)23(19)35-28(17,33)14-9-13-5-3-4-6-15(13)26-10-14/h3-6,9,12,17,26,32H,7-8,10-11H2,1-2H3,(H2,25,29). The number of anilines is 1. The highest BCUT2D eigenvalue weighted by Gasteiger charge is 2.53. The van der Waals surface area contributed by atoms with Gasteiger partial charge in [0.1, 0.15) is 33.3 Å². The zero-order valence-electron chi connectivity index (χ0n) is 19.1. The van der Waals surface area contributed by atoms with Gasteiger partial charge in [0.15, 0.2) is 12.4 Å². The number of hydrogen-bond acceptors (Lipinski definition) is 9. The molecule has 1 aromatic rings. The molecule has 2 heterocycles. The molecular formula is C23H25ClN4O6S. The molecule has 186 valence electrons. The van der Waals surface area contributed by atoms with Gasteiger partial charge in [-0.25, -0.2) is 4.05 Å². The number of hydroxylamine groups is 4. The maximum atomic E-state index is 14.5. The summed E-state index contributed by atoms with van der Waals surface area (Å²) in [5.41, 5.74) is 6.70. The number of ketones is 2. The first kappa shape index (κ1) is 25.3. The molecule has 0 saturated heterocycles. The Morgan fingerprint density at radius 2 is 2.09 bits per heavy atom. The molecule has 3 aliphatic rings. The van der Waals surface area contributed by atoms with Gasteiger partial charge in [-0.05, 0) is 18.4 Å². The van der Waals surface area contributed by atoms with E-state index in [-0.39, 0.29) is 29.5 Å². The third-order valence-electron chi connectivity index (χ3n) is 5.88. The van der Waals surface area contributed by atoms with Gasteiger partial charge < -0.3 is 21.0 Å². The number of halogens is 1. The summed E-state index contributed by atoms with van der Waals surface area (Å²) in [4.78, 5) is 37.1. The fourth-order valence-corrected chi connectivity index (χ4v) is 5.60. The Labute approximate surface area is 211 Å². The molecule has 12 heteroatoms. The minimum atomic E-state index is -1.15. The van der Waals surface area contributed by atoms with E-state index in [1.807, 2.05) is 38.1 Å². The van der Waals surface area contributed by atoms with Crippen LogP contribution in [0.5, 0.6) is 0 Å². The number of amides is 1. The van der Waals surface area contributed by atoms with Crippen LogP contribution in [-0.4, -0.2) is 51.1 Å². The highest BCUT2D eigenvalue weighted by atomic mass is 35.5. The Hall–Kier alpha value is -2.83. The molecule has 1 aromatic carbocycles. The number of carbonyl (C=O) groups is 3. The minimum Gasteiger partial charge on any atom is -0.613 e. The molecule has 1 aliphatic carbocycles. The zero-order valence-corrected chi connectivity index (χ0v) is 20.7.